The average molecular weight is 409 g/mol. The maximum atomic E-state index is 11.5. The van der Waals surface area contributed by atoms with Crippen LogP contribution in [-0.2, 0) is 24.2 Å². The van der Waals surface area contributed by atoms with Crippen molar-refractivity contribution in [2.45, 2.75) is 39.7 Å². The predicted octanol–water partition coefficient (Wildman–Crippen LogP) is 4.13. The molecule has 0 atom stereocenters. The van der Waals surface area contributed by atoms with Crippen LogP contribution in [0.25, 0.3) is 21.8 Å². The van der Waals surface area contributed by atoms with Gasteiger partial charge in [-0.15, -0.1) is 6.58 Å². The van der Waals surface area contributed by atoms with Crippen molar-refractivity contribution in [1.82, 2.24) is 19.7 Å². The van der Waals surface area contributed by atoms with Gasteiger partial charge in [0.05, 0.1) is 28.5 Å². The lowest BCUT2D eigenvalue weighted by atomic mass is 10.0. The highest BCUT2D eigenvalue weighted by atomic mass is 32.1. The van der Waals surface area contributed by atoms with Crippen LogP contribution in [0.1, 0.15) is 31.5 Å². The molecular formula is C21H24N6OS. The average Bonchev–Trinajstić information content (AvgIpc) is 3.18. The Morgan fingerprint density at radius 2 is 2.24 bits per heavy atom. The van der Waals surface area contributed by atoms with Crippen molar-refractivity contribution in [3.05, 3.63) is 42.2 Å². The van der Waals surface area contributed by atoms with E-state index in [-0.39, 0.29) is 5.91 Å². The molecule has 1 aliphatic carbocycles. The van der Waals surface area contributed by atoms with Gasteiger partial charge in [0.25, 0.3) is 0 Å². The number of hydrogen-bond acceptors (Lipinski definition) is 6. The molecule has 8 heteroatoms. The number of nitrogens with one attached hydrogen (secondary N) is 2. The Morgan fingerprint density at radius 1 is 1.38 bits per heavy atom. The summed E-state index contributed by atoms with van der Waals surface area (Å²) in [5.41, 5.74) is 5.27. The Bertz CT molecular complexity index is 1050. The summed E-state index contributed by atoms with van der Waals surface area (Å²) in [7, 11) is 0. The molecule has 1 aliphatic rings. The van der Waals surface area contributed by atoms with E-state index in [4.69, 9.17) is 5.10 Å². The lowest BCUT2D eigenvalue weighted by Crippen LogP contribution is -2.05. The molecule has 3 heterocycles. The fourth-order valence-corrected chi connectivity index (χ4v) is 4.77. The van der Waals surface area contributed by atoms with Gasteiger partial charge < -0.3 is 10.6 Å². The second kappa shape index (κ2) is 8.16. The van der Waals surface area contributed by atoms with Crippen molar-refractivity contribution in [2.24, 2.45) is 0 Å². The number of fused-ring (bicyclic) bond motifs is 3. The molecule has 29 heavy (non-hydrogen) atoms. The van der Waals surface area contributed by atoms with Crippen LogP contribution < -0.4 is 10.6 Å². The number of amides is 1. The van der Waals surface area contributed by atoms with E-state index in [1.54, 1.807) is 0 Å². The second-order valence-corrected chi connectivity index (χ2v) is 7.94. The van der Waals surface area contributed by atoms with Gasteiger partial charge in [-0.25, -0.2) is 9.97 Å². The van der Waals surface area contributed by atoms with Crippen molar-refractivity contribution in [3.63, 3.8) is 0 Å². The van der Waals surface area contributed by atoms with Gasteiger partial charge >= 0.3 is 0 Å². The minimum absolute atomic E-state index is 0.110. The molecule has 3 aromatic rings. The van der Waals surface area contributed by atoms with E-state index in [2.05, 4.69) is 33.2 Å². The molecule has 0 unspecified atom stereocenters. The number of thiazole rings is 1. The number of hydrogen-bond donors (Lipinski definition) is 2. The van der Waals surface area contributed by atoms with Gasteiger partial charge in [0, 0.05) is 30.8 Å². The third-order valence-corrected chi connectivity index (χ3v) is 5.80. The Balaban J connectivity index is 1.83. The van der Waals surface area contributed by atoms with Gasteiger partial charge in [0.2, 0.25) is 5.91 Å². The number of allylic oxidation sites excluding steroid dienone is 1. The molecule has 0 bridgehead atoms. The fourth-order valence-electron chi connectivity index (χ4n) is 3.64. The molecule has 7 nitrogen and oxygen atoms in total. The highest BCUT2D eigenvalue weighted by molar-refractivity contribution is 7.19. The van der Waals surface area contributed by atoms with E-state index in [1.807, 2.05) is 29.9 Å². The molecule has 1 amide bonds. The number of pyridine rings is 1. The maximum absolute atomic E-state index is 11.5. The first kappa shape index (κ1) is 19.3. The van der Waals surface area contributed by atoms with Gasteiger partial charge in [-0.05, 0) is 38.3 Å². The first-order chi connectivity index (χ1) is 14.1. The summed E-state index contributed by atoms with van der Waals surface area (Å²) < 4.78 is 2.00. The highest BCUT2D eigenvalue weighted by Crippen LogP contribution is 2.42. The van der Waals surface area contributed by atoms with Crippen LogP contribution in [0.15, 0.2) is 31.0 Å². The van der Waals surface area contributed by atoms with Gasteiger partial charge in [-0.3, -0.25) is 9.48 Å². The minimum Gasteiger partial charge on any atom is -0.370 e. The van der Waals surface area contributed by atoms with Crippen LogP contribution in [0.4, 0.5) is 10.9 Å². The lowest BCUT2D eigenvalue weighted by molar-refractivity contribution is -0.114. The van der Waals surface area contributed by atoms with Crippen LogP contribution in [0, 0.1) is 0 Å². The van der Waals surface area contributed by atoms with Crippen molar-refractivity contribution in [1.29, 1.82) is 0 Å². The molecule has 0 aliphatic heterocycles. The van der Waals surface area contributed by atoms with Gasteiger partial charge in [-0.1, -0.05) is 17.4 Å². The van der Waals surface area contributed by atoms with Gasteiger partial charge in [-0.2, -0.15) is 5.10 Å². The smallest absolute Gasteiger partial charge is 0.223 e. The third-order valence-electron chi connectivity index (χ3n) is 4.78. The van der Waals surface area contributed by atoms with Crippen molar-refractivity contribution >= 4 is 28.2 Å². The van der Waals surface area contributed by atoms with E-state index in [9.17, 15) is 4.79 Å². The Morgan fingerprint density at radius 3 is 2.93 bits per heavy atom. The van der Waals surface area contributed by atoms with Gasteiger partial charge in [0.15, 0.2) is 5.13 Å². The quantitative estimate of drug-likeness (QED) is 0.599. The number of aryl methyl sites for hydroxylation is 1. The molecule has 0 radical (unpaired) electrons. The highest BCUT2D eigenvalue weighted by Gasteiger charge is 2.27. The normalized spacial score (nSPS) is 12.6. The van der Waals surface area contributed by atoms with Gasteiger partial charge in [0.1, 0.15) is 5.82 Å². The van der Waals surface area contributed by atoms with E-state index in [0.717, 1.165) is 59.1 Å². The van der Waals surface area contributed by atoms with Crippen molar-refractivity contribution in [3.8, 4) is 21.8 Å². The molecular weight excluding hydrogens is 384 g/mol. The van der Waals surface area contributed by atoms with Crippen LogP contribution >= 0.6 is 11.3 Å². The van der Waals surface area contributed by atoms with E-state index >= 15 is 0 Å². The zero-order valence-electron chi connectivity index (χ0n) is 16.7. The summed E-state index contributed by atoms with van der Waals surface area (Å²) in [6.07, 6.45) is 6.52. The molecule has 150 valence electrons. The van der Waals surface area contributed by atoms with E-state index in [0.29, 0.717) is 11.7 Å². The molecule has 0 saturated carbocycles. The first-order valence-corrected chi connectivity index (χ1v) is 10.6. The number of nitrogens with zero attached hydrogens (tertiary/aromatic N) is 4. The first-order valence-electron chi connectivity index (χ1n) is 9.79. The van der Waals surface area contributed by atoms with Crippen LogP contribution in [0.2, 0.25) is 0 Å². The molecule has 4 rings (SSSR count). The zero-order chi connectivity index (χ0) is 20.4. The molecule has 3 aromatic heterocycles. The van der Waals surface area contributed by atoms with E-state index in [1.165, 1.54) is 23.8 Å². The summed E-state index contributed by atoms with van der Waals surface area (Å²) >= 11 is 1.51. The fraction of sp³-hybridized carbons (Fsp3) is 0.333. The standard InChI is InChI=1S/C21H24N6OS/c1-4-11-27-19-15(18(26-27)14-9-10-17(22-5-2)23-12-14)7-6-8-16-20(19)29-21(25-16)24-13(3)28/h4,9-10,12H,1,5-8,11H2,2-3H3,(H,22,23)(H,24,25,28). The van der Waals surface area contributed by atoms with Crippen LogP contribution in [0.3, 0.4) is 0 Å². The zero-order valence-corrected chi connectivity index (χ0v) is 17.5. The maximum Gasteiger partial charge on any atom is 0.223 e. The number of carbonyl (C=O) groups is 1. The number of carbonyl (C=O) groups excluding carboxylic acids is 1. The third kappa shape index (κ3) is 3.80. The molecule has 0 aromatic carbocycles. The lowest BCUT2D eigenvalue weighted by Gasteiger charge is -2.05. The molecule has 0 spiro atoms. The summed E-state index contributed by atoms with van der Waals surface area (Å²) in [5.74, 6) is 0.749. The predicted molar refractivity (Wildman–Crippen MR) is 117 cm³/mol. The van der Waals surface area contributed by atoms with E-state index < -0.39 is 0 Å². The largest absolute Gasteiger partial charge is 0.370 e. The summed E-state index contributed by atoms with van der Waals surface area (Å²) in [5, 5.41) is 11.6. The second-order valence-electron chi connectivity index (χ2n) is 6.94. The Labute approximate surface area is 173 Å². The number of rotatable bonds is 6. The summed E-state index contributed by atoms with van der Waals surface area (Å²) in [6, 6.07) is 4.05. The molecule has 2 N–H and O–H groups in total. The Kier molecular flexibility index (Phi) is 5.44. The SMILES string of the molecule is C=CCn1nc(-c2ccc(NCC)nc2)c2c1-c1sc(NC(C)=O)nc1CCC2. The monoisotopic (exact) mass is 408 g/mol. The minimum atomic E-state index is -0.110. The number of anilines is 2. The number of aromatic nitrogens is 4. The molecule has 0 fully saturated rings. The topological polar surface area (TPSA) is 84.7 Å². The Hall–Kier alpha value is -3.00. The summed E-state index contributed by atoms with van der Waals surface area (Å²) in [4.78, 5) is 21.7. The van der Waals surface area contributed by atoms with Crippen LogP contribution in [-0.4, -0.2) is 32.2 Å². The van der Waals surface area contributed by atoms with Crippen LogP contribution in [0.5, 0.6) is 0 Å². The van der Waals surface area contributed by atoms with Crippen molar-refractivity contribution in [2.75, 3.05) is 17.2 Å². The summed E-state index contributed by atoms with van der Waals surface area (Å²) in [6.45, 7) is 8.89. The van der Waals surface area contributed by atoms with Crippen molar-refractivity contribution < 1.29 is 4.79 Å². The molecule has 0 saturated heterocycles.